The second kappa shape index (κ2) is 7.01. The van der Waals surface area contributed by atoms with Crippen molar-refractivity contribution in [2.45, 2.75) is 39.8 Å². The molecule has 0 unspecified atom stereocenters. The molecule has 0 aliphatic rings. The summed E-state index contributed by atoms with van der Waals surface area (Å²) in [4.78, 5) is 13.9. The van der Waals surface area contributed by atoms with Crippen LogP contribution in [-0.2, 0) is 4.79 Å². The van der Waals surface area contributed by atoms with E-state index in [0.29, 0.717) is 15.8 Å². The van der Waals surface area contributed by atoms with Gasteiger partial charge < -0.3 is 9.64 Å². The molecule has 0 aromatic heterocycles. The van der Waals surface area contributed by atoms with Gasteiger partial charge in [0.25, 0.3) is 5.91 Å². The Hall–Kier alpha value is -0.930. The van der Waals surface area contributed by atoms with Crippen molar-refractivity contribution in [3.8, 4) is 5.75 Å². The Kier molecular flexibility index (Phi) is 5.95. The molecule has 0 aliphatic carbocycles. The molecule has 0 atom stereocenters. The van der Waals surface area contributed by atoms with Crippen LogP contribution in [-0.4, -0.2) is 29.5 Å². The topological polar surface area (TPSA) is 29.5 Å². The summed E-state index contributed by atoms with van der Waals surface area (Å²) in [5, 5.41) is 0.971. The minimum atomic E-state index is -0.0545. The highest BCUT2D eigenvalue weighted by Gasteiger charge is 2.20. The number of hydrogen-bond donors (Lipinski definition) is 0. The summed E-state index contributed by atoms with van der Waals surface area (Å²) in [5.74, 6) is 0.444. The van der Waals surface area contributed by atoms with E-state index in [9.17, 15) is 4.79 Å². The molecule has 106 valence electrons. The fourth-order valence-corrected chi connectivity index (χ4v) is 2.51. The third-order valence-corrected chi connectivity index (χ3v) is 3.04. The zero-order valence-corrected chi connectivity index (χ0v) is 13.1. The van der Waals surface area contributed by atoms with E-state index < -0.39 is 0 Å². The Morgan fingerprint density at radius 2 is 1.58 bits per heavy atom. The van der Waals surface area contributed by atoms with Gasteiger partial charge >= 0.3 is 0 Å². The molecule has 0 bridgehead atoms. The zero-order valence-electron chi connectivity index (χ0n) is 11.6. The number of ether oxygens (including phenoxy) is 1. The van der Waals surface area contributed by atoms with Crippen LogP contribution in [0.3, 0.4) is 0 Å². The van der Waals surface area contributed by atoms with Crippen LogP contribution >= 0.6 is 23.2 Å². The Morgan fingerprint density at radius 3 is 2.00 bits per heavy atom. The lowest BCUT2D eigenvalue weighted by molar-refractivity contribution is -0.136. The van der Waals surface area contributed by atoms with Gasteiger partial charge in [-0.1, -0.05) is 23.2 Å². The third-order valence-electron chi connectivity index (χ3n) is 2.60. The summed E-state index contributed by atoms with van der Waals surface area (Å²) >= 11 is 11.7. The first kappa shape index (κ1) is 16.1. The molecule has 5 heteroatoms. The Balaban J connectivity index is 2.67. The molecule has 0 radical (unpaired) electrons. The molecule has 0 fully saturated rings. The van der Waals surface area contributed by atoms with Crippen molar-refractivity contribution < 1.29 is 9.53 Å². The Labute approximate surface area is 124 Å². The van der Waals surface area contributed by atoms with Gasteiger partial charge in [0.15, 0.2) is 6.61 Å². The number of nitrogens with zero attached hydrogens (tertiary/aromatic N) is 1. The maximum Gasteiger partial charge on any atom is 0.260 e. The lowest BCUT2D eigenvalue weighted by atomic mass is 10.2. The molecule has 3 nitrogen and oxygen atoms in total. The van der Waals surface area contributed by atoms with E-state index >= 15 is 0 Å². The largest absolute Gasteiger partial charge is 0.484 e. The molecule has 0 spiro atoms. The van der Waals surface area contributed by atoms with Gasteiger partial charge in [0.1, 0.15) is 5.75 Å². The normalized spacial score (nSPS) is 10.9. The van der Waals surface area contributed by atoms with E-state index in [1.807, 2.05) is 27.7 Å². The van der Waals surface area contributed by atoms with Crippen molar-refractivity contribution in [3.05, 3.63) is 28.2 Å². The summed E-state index contributed by atoms with van der Waals surface area (Å²) in [5.41, 5.74) is 0. The van der Waals surface area contributed by atoms with Crippen molar-refractivity contribution in [2.75, 3.05) is 6.61 Å². The minimum Gasteiger partial charge on any atom is -0.484 e. The predicted octanol–water partition coefficient (Wildman–Crippen LogP) is 4.02. The van der Waals surface area contributed by atoms with Crippen LogP contribution in [0.5, 0.6) is 5.75 Å². The fraction of sp³-hybridized carbons (Fsp3) is 0.500. The van der Waals surface area contributed by atoms with Crippen LogP contribution in [0.1, 0.15) is 27.7 Å². The van der Waals surface area contributed by atoms with Crippen LogP contribution in [0, 0.1) is 0 Å². The van der Waals surface area contributed by atoms with E-state index in [4.69, 9.17) is 27.9 Å². The van der Waals surface area contributed by atoms with E-state index in [2.05, 4.69) is 0 Å². The van der Waals surface area contributed by atoms with Crippen molar-refractivity contribution in [1.82, 2.24) is 4.90 Å². The van der Waals surface area contributed by atoms with Gasteiger partial charge in [-0.25, -0.2) is 0 Å². The highest BCUT2D eigenvalue weighted by Crippen LogP contribution is 2.24. The van der Waals surface area contributed by atoms with Crippen molar-refractivity contribution in [2.24, 2.45) is 0 Å². The SMILES string of the molecule is CC(C)N(C(=O)COc1cc(Cl)cc(Cl)c1)C(C)C. The van der Waals surface area contributed by atoms with Gasteiger partial charge in [-0.05, 0) is 45.9 Å². The van der Waals surface area contributed by atoms with Crippen LogP contribution < -0.4 is 4.74 Å². The molecular weight excluding hydrogens is 285 g/mol. The van der Waals surface area contributed by atoms with E-state index in [0.717, 1.165) is 0 Å². The predicted molar refractivity (Wildman–Crippen MR) is 79.1 cm³/mol. The zero-order chi connectivity index (χ0) is 14.6. The van der Waals surface area contributed by atoms with Crippen LogP contribution in [0.2, 0.25) is 10.0 Å². The fourth-order valence-electron chi connectivity index (χ4n) is 2.00. The second-order valence-corrected chi connectivity index (χ2v) is 5.76. The van der Waals surface area contributed by atoms with E-state index in [1.54, 1.807) is 23.1 Å². The quantitative estimate of drug-likeness (QED) is 0.822. The molecule has 1 aromatic rings. The monoisotopic (exact) mass is 303 g/mol. The first-order valence-electron chi connectivity index (χ1n) is 6.21. The number of amides is 1. The number of carbonyl (C=O) groups is 1. The van der Waals surface area contributed by atoms with Crippen LogP contribution in [0.15, 0.2) is 18.2 Å². The maximum absolute atomic E-state index is 12.1. The molecule has 19 heavy (non-hydrogen) atoms. The molecular formula is C14H19Cl2NO2. The van der Waals surface area contributed by atoms with Gasteiger partial charge in [0.2, 0.25) is 0 Å². The minimum absolute atomic E-state index is 0.0208. The highest BCUT2D eigenvalue weighted by molar-refractivity contribution is 6.34. The van der Waals surface area contributed by atoms with Gasteiger partial charge in [-0.15, -0.1) is 0 Å². The number of rotatable bonds is 5. The molecule has 1 amide bonds. The summed E-state index contributed by atoms with van der Waals surface area (Å²) in [7, 11) is 0. The standard InChI is InChI=1S/C14H19Cl2NO2/c1-9(2)17(10(3)4)14(18)8-19-13-6-11(15)5-12(16)7-13/h5-7,9-10H,8H2,1-4H3. The number of halogens is 2. The summed E-state index contributed by atoms with van der Waals surface area (Å²) in [6, 6.07) is 5.16. The number of benzene rings is 1. The highest BCUT2D eigenvalue weighted by atomic mass is 35.5. The number of hydrogen-bond acceptors (Lipinski definition) is 2. The average Bonchev–Trinajstić information content (AvgIpc) is 2.23. The molecule has 1 aromatic carbocycles. The summed E-state index contributed by atoms with van der Waals surface area (Å²) < 4.78 is 5.45. The average molecular weight is 304 g/mol. The van der Waals surface area contributed by atoms with Gasteiger partial charge in [-0.2, -0.15) is 0 Å². The summed E-state index contributed by atoms with van der Waals surface area (Å²) in [6.07, 6.45) is 0. The first-order chi connectivity index (χ1) is 8.81. The number of carbonyl (C=O) groups excluding carboxylic acids is 1. The molecule has 0 aliphatic heterocycles. The Morgan fingerprint density at radius 1 is 1.11 bits per heavy atom. The molecule has 0 saturated carbocycles. The third kappa shape index (κ3) is 4.92. The van der Waals surface area contributed by atoms with Crippen molar-refractivity contribution >= 4 is 29.1 Å². The van der Waals surface area contributed by atoms with Crippen molar-refractivity contribution in [1.29, 1.82) is 0 Å². The van der Waals surface area contributed by atoms with Crippen LogP contribution in [0.25, 0.3) is 0 Å². The van der Waals surface area contributed by atoms with Gasteiger partial charge in [0.05, 0.1) is 0 Å². The Bertz CT molecular complexity index is 419. The van der Waals surface area contributed by atoms with Crippen molar-refractivity contribution in [3.63, 3.8) is 0 Å². The smallest absolute Gasteiger partial charge is 0.260 e. The lowest BCUT2D eigenvalue weighted by Crippen LogP contribution is -2.44. The lowest BCUT2D eigenvalue weighted by Gasteiger charge is -2.30. The van der Waals surface area contributed by atoms with E-state index in [1.165, 1.54) is 0 Å². The van der Waals surface area contributed by atoms with Gasteiger partial charge in [0, 0.05) is 22.1 Å². The molecule has 0 saturated heterocycles. The second-order valence-electron chi connectivity index (χ2n) is 4.88. The molecule has 0 heterocycles. The van der Waals surface area contributed by atoms with Crippen LogP contribution in [0.4, 0.5) is 0 Å². The molecule has 0 N–H and O–H groups in total. The molecule has 1 rings (SSSR count). The van der Waals surface area contributed by atoms with E-state index in [-0.39, 0.29) is 24.6 Å². The maximum atomic E-state index is 12.1. The van der Waals surface area contributed by atoms with Gasteiger partial charge in [-0.3, -0.25) is 4.79 Å². The summed E-state index contributed by atoms with van der Waals surface area (Å²) in [6.45, 7) is 7.90. The first-order valence-corrected chi connectivity index (χ1v) is 6.97.